The summed E-state index contributed by atoms with van der Waals surface area (Å²) in [7, 11) is 0. The molecule has 0 aliphatic carbocycles. The molecule has 0 unspecified atom stereocenters. The van der Waals surface area contributed by atoms with E-state index >= 15 is 0 Å². The maximum atomic E-state index is 12.7. The topological polar surface area (TPSA) is 93.6 Å². The Kier molecular flexibility index (Phi) is 3.93. The molecule has 1 aromatic carbocycles. The van der Waals surface area contributed by atoms with Gasteiger partial charge in [0.15, 0.2) is 5.76 Å². The monoisotopic (exact) mass is 356 g/mol. The highest BCUT2D eigenvalue weighted by atomic mass is 32.1. The normalized spacial score (nSPS) is 12.1. The summed E-state index contributed by atoms with van der Waals surface area (Å²) in [6.07, 6.45) is -3.22. The highest BCUT2D eigenvalue weighted by molar-refractivity contribution is 7.22. The van der Waals surface area contributed by atoms with Crippen LogP contribution in [0.4, 0.5) is 24.2 Å². The van der Waals surface area contributed by atoms with E-state index in [9.17, 15) is 23.3 Å². The van der Waals surface area contributed by atoms with Crippen molar-refractivity contribution in [1.29, 1.82) is 0 Å². The Labute approximate surface area is 135 Å². The van der Waals surface area contributed by atoms with Gasteiger partial charge in [-0.25, -0.2) is 4.98 Å². The van der Waals surface area contributed by atoms with Crippen LogP contribution >= 0.6 is 11.3 Å². The average molecular weight is 356 g/mol. The van der Waals surface area contributed by atoms with E-state index in [1.54, 1.807) is 0 Å². The molecule has 0 atom stereocenters. The third-order valence-corrected chi connectivity index (χ3v) is 3.78. The zero-order chi connectivity index (χ0) is 17.3. The number of alkyl halides is 3. The van der Waals surface area contributed by atoms with Gasteiger partial charge in [0.1, 0.15) is 4.92 Å². The van der Waals surface area contributed by atoms with Gasteiger partial charge in [0.2, 0.25) is 5.13 Å². The van der Waals surface area contributed by atoms with Crippen LogP contribution in [-0.2, 0) is 6.18 Å². The fraction of sp³-hybridized carbons (Fsp3) is 0.0769. The Hall–Kier alpha value is -2.95. The Morgan fingerprint density at radius 3 is 2.79 bits per heavy atom. The second-order valence-corrected chi connectivity index (χ2v) is 5.53. The number of thiazole rings is 1. The van der Waals surface area contributed by atoms with E-state index in [-0.39, 0.29) is 10.9 Å². The lowest BCUT2D eigenvalue weighted by atomic mass is 10.2. The van der Waals surface area contributed by atoms with Crippen LogP contribution in [0.5, 0.6) is 0 Å². The Balaban J connectivity index is 1.75. The summed E-state index contributed by atoms with van der Waals surface area (Å²) in [5, 5.41) is 14.5. The summed E-state index contributed by atoms with van der Waals surface area (Å²) in [6, 6.07) is 5.78. The first-order valence-corrected chi connectivity index (χ1v) is 7.16. The number of halogens is 3. The van der Waals surface area contributed by atoms with Crippen LogP contribution < -0.4 is 5.43 Å². The predicted molar refractivity (Wildman–Crippen MR) is 81.2 cm³/mol. The van der Waals surface area contributed by atoms with Crippen LogP contribution in [0.1, 0.15) is 11.3 Å². The molecule has 24 heavy (non-hydrogen) atoms. The Morgan fingerprint density at radius 1 is 1.33 bits per heavy atom. The molecular formula is C13H7F3N4O3S. The number of nitrogens with one attached hydrogen (secondary N) is 1. The zero-order valence-electron chi connectivity index (χ0n) is 11.6. The van der Waals surface area contributed by atoms with Crippen molar-refractivity contribution in [3.8, 4) is 0 Å². The first-order chi connectivity index (χ1) is 11.3. The quantitative estimate of drug-likeness (QED) is 0.428. The summed E-state index contributed by atoms with van der Waals surface area (Å²) < 4.78 is 43.2. The van der Waals surface area contributed by atoms with Crippen molar-refractivity contribution < 1.29 is 22.5 Å². The van der Waals surface area contributed by atoms with Gasteiger partial charge in [-0.15, -0.1) is 0 Å². The number of hydrogen-bond donors (Lipinski definition) is 1. The van der Waals surface area contributed by atoms with E-state index in [0.29, 0.717) is 10.2 Å². The van der Waals surface area contributed by atoms with E-state index in [0.717, 1.165) is 23.5 Å². The molecule has 0 saturated carbocycles. The largest absolute Gasteiger partial charge is 0.433 e. The van der Waals surface area contributed by atoms with Crippen molar-refractivity contribution in [2.75, 3.05) is 5.43 Å². The maximum absolute atomic E-state index is 12.7. The number of hydrazone groups is 1. The Bertz CT molecular complexity index is 932. The number of nitrogens with zero attached hydrogens (tertiary/aromatic N) is 3. The van der Waals surface area contributed by atoms with Crippen LogP contribution in [0.15, 0.2) is 39.9 Å². The van der Waals surface area contributed by atoms with Gasteiger partial charge in [0.25, 0.3) is 0 Å². The number of benzene rings is 1. The number of hydrogen-bond acceptors (Lipinski definition) is 7. The molecule has 11 heteroatoms. The second-order valence-electron chi connectivity index (χ2n) is 4.50. The maximum Gasteiger partial charge on any atom is 0.433 e. The Morgan fingerprint density at radius 2 is 2.12 bits per heavy atom. The fourth-order valence-corrected chi connectivity index (χ4v) is 2.66. The van der Waals surface area contributed by atoms with Gasteiger partial charge in [-0.3, -0.25) is 15.5 Å². The molecule has 0 aliphatic rings. The molecule has 124 valence electrons. The molecule has 3 rings (SSSR count). The molecule has 0 spiro atoms. The lowest BCUT2D eigenvalue weighted by Crippen LogP contribution is -2.03. The standard InChI is InChI=1S/C13H7F3N4O3S/c14-13(15,16)7-1-3-9-10(5-7)24-12(18-9)19-17-6-8-2-4-11(23-8)20(21)22/h1-6H,(H,18,19). The lowest BCUT2D eigenvalue weighted by molar-refractivity contribution is -0.402. The van der Waals surface area contributed by atoms with E-state index in [1.807, 2.05) is 0 Å². The summed E-state index contributed by atoms with van der Waals surface area (Å²) in [4.78, 5) is 13.9. The molecule has 0 aliphatic heterocycles. The SMILES string of the molecule is O=[N+]([O-])c1ccc(C=NNc2nc3ccc(C(F)(F)F)cc3s2)o1. The van der Waals surface area contributed by atoms with Gasteiger partial charge in [0.05, 0.1) is 28.1 Å². The third-order valence-electron chi connectivity index (χ3n) is 2.86. The van der Waals surface area contributed by atoms with Crippen molar-refractivity contribution in [3.63, 3.8) is 0 Å². The molecule has 1 N–H and O–H groups in total. The average Bonchev–Trinajstić information content (AvgIpc) is 3.11. The number of nitro groups is 1. The molecule has 0 fully saturated rings. The smallest absolute Gasteiger partial charge is 0.400 e. The predicted octanol–water partition coefficient (Wildman–Crippen LogP) is 4.26. The molecule has 0 bridgehead atoms. The third kappa shape index (κ3) is 3.35. The van der Waals surface area contributed by atoms with Crippen molar-refractivity contribution in [1.82, 2.24) is 4.98 Å². The highest BCUT2D eigenvalue weighted by Gasteiger charge is 2.30. The number of rotatable bonds is 4. The summed E-state index contributed by atoms with van der Waals surface area (Å²) in [5.41, 5.74) is 2.19. The minimum Gasteiger partial charge on any atom is -0.400 e. The van der Waals surface area contributed by atoms with Gasteiger partial charge < -0.3 is 4.42 Å². The number of fused-ring (bicyclic) bond motifs is 1. The van der Waals surface area contributed by atoms with E-state index in [1.165, 1.54) is 24.4 Å². The van der Waals surface area contributed by atoms with E-state index in [2.05, 4.69) is 15.5 Å². The van der Waals surface area contributed by atoms with Crippen molar-refractivity contribution >= 4 is 38.8 Å². The fourth-order valence-electron chi connectivity index (χ4n) is 1.81. The lowest BCUT2D eigenvalue weighted by Gasteiger charge is -2.04. The van der Waals surface area contributed by atoms with Crippen LogP contribution in [0.3, 0.4) is 0 Å². The van der Waals surface area contributed by atoms with Gasteiger partial charge >= 0.3 is 12.1 Å². The van der Waals surface area contributed by atoms with Gasteiger partial charge in [-0.1, -0.05) is 11.3 Å². The van der Waals surface area contributed by atoms with Gasteiger partial charge in [-0.2, -0.15) is 18.3 Å². The van der Waals surface area contributed by atoms with Gasteiger partial charge in [0, 0.05) is 0 Å². The van der Waals surface area contributed by atoms with Crippen molar-refractivity contribution in [2.24, 2.45) is 5.10 Å². The minimum atomic E-state index is -4.42. The van der Waals surface area contributed by atoms with Crippen LogP contribution in [-0.4, -0.2) is 16.1 Å². The molecule has 0 amide bonds. The summed E-state index contributed by atoms with van der Waals surface area (Å²) in [6.45, 7) is 0. The molecule has 3 aromatic rings. The van der Waals surface area contributed by atoms with E-state index in [4.69, 9.17) is 4.42 Å². The molecular weight excluding hydrogens is 349 g/mol. The zero-order valence-corrected chi connectivity index (χ0v) is 12.4. The first-order valence-electron chi connectivity index (χ1n) is 6.34. The molecule has 0 radical (unpaired) electrons. The second kappa shape index (κ2) is 5.92. The first kappa shape index (κ1) is 15.9. The minimum absolute atomic E-state index is 0.148. The van der Waals surface area contributed by atoms with Crippen LogP contribution in [0.2, 0.25) is 0 Å². The van der Waals surface area contributed by atoms with Crippen LogP contribution in [0.25, 0.3) is 10.2 Å². The molecule has 2 aromatic heterocycles. The summed E-state index contributed by atoms with van der Waals surface area (Å²) in [5.74, 6) is -0.272. The van der Waals surface area contributed by atoms with Gasteiger partial charge in [-0.05, 0) is 24.3 Å². The summed E-state index contributed by atoms with van der Waals surface area (Å²) >= 11 is 0.998. The number of furan rings is 1. The number of aromatic nitrogens is 1. The van der Waals surface area contributed by atoms with Crippen LogP contribution in [0, 0.1) is 10.1 Å². The van der Waals surface area contributed by atoms with Crippen molar-refractivity contribution in [2.45, 2.75) is 6.18 Å². The molecule has 2 heterocycles. The number of anilines is 1. The highest BCUT2D eigenvalue weighted by Crippen LogP contribution is 2.34. The van der Waals surface area contributed by atoms with E-state index < -0.39 is 22.5 Å². The molecule has 0 saturated heterocycles. The van der Waals surface area contributed by atoms with Crippen molar-refractivity contribution in [3.05, 3.63) is 51.8 Å². The molecule has 7 nitrogen and oxygen atoms in total.